The molecule has 3 amide bonds. The van der Waals surface area contributed by atoms with Crippen molar-refractivity contribution in [1.29, 1.82) is 0 Å². The largest absolute Gasteiger partial charge is 0.461 e. The molecule has 10 heteroatoms. The first-order chi connectivity index (χ1) is 25.8. The molecule has 0 aliphatic rings. The number of unbranched alkanes of at least 4 members (excludes halogenated alkanes) is 2. The molecule has 4 rings (SSSR count). The molecule has 4 aromatic carbocycles. The van der Waals surface area contributed by atoms with Gasteiger partial charge in [0, 0.05) is 19.4 Å². The van der Waals surface area contributed by atoms with Crippen LogP contribution in [0.1, 0.15) is 61.3 Å². The fourth-order valence-electron chi connectivity index (χ4n) is 5.86. The van der Waals surface area contributed by atoms with Gasteiger partial charge < -0.3 is 30.5 Å². The van der Waals surface area contributed by atoms with E-state index in [9.17, 15) is 24.3 Å². The fourth-order valence-corrected chi connectivity index (χ4v) is 5.86. The van der Waals surface area contributed by atoms with Crippen LogP contribution in [0.5, 0.6) is 0 Å². The summed E-state index contributed by atoms with van der Waals surface area (Å²) < 4.78 is 10.7. The summed E-state index contributed by atoms with van der Waals surface area (Å²) in [4.78, 5) is 51.3. The Morgan fingerprint density at radius 2 is 1.04 bits per heavy atom. The number of hydrogen-bond acceptors (Lipinski definition) is 7. The predicted octanol–water partition coefficient (Wildman–Crippen LogP) is 6.06. The van der Waals surface area contributed by atoms with Crippen molar-refractivity contribution in [2.45, 2.75) is 83.3 Å². The minimum atomic E-state index is -1.16. The second-order valence-corrected chi connectivity index (χ2v) is 13.2. The van der Waals surface area contributed by atoms with Gasteiger partial charge in [0.2, 0.25) is 11.8 Å². The first kappa shape index (κ1) is 40.3. The summed E-state index contributed by atoms with van der Waals surface area (Å²) in [5, 5.41) is 20.6. The van der Waals surface area contributed by atoms with Crippen molar-refractivity contribution < 1.29 is 33.8 Å². The van der Waals surface area contributed by atoms with Crippen molar-refractivity contribution in [2.24, 2.45) is 5.92 Å². The zero-order chi connectivity index (χ0) is 37.7. The third-order valence-electron chi connectivity index (χ3n) is 8.79. The number of esters is 1. The van der Waals surface area contributed by atoms with Crippen LogP contribution in [-0.2, 0) is 49.9 Å². The van der Waals surface area contributed by atoms with Crippen LogP contribution in [0.2, 0.25) is 0 Å². The topological polar surface area (TPSA) is 143 Å². The Kier molecular flexibility index (Phi) is 17.1. The quantitative estimate of drug-likeness (QED) is 0.0606. The van der Waals surface area contributed by atoms with Gasteiger partial charge >= 0.3 is 12.1 Å². The molecule has 4 unspecified atom stereocenters. The van der Waals surface area contributed by atoms with Gasteiger partial charge in [0.25, 0.3) is 0 Å². The van der Waals surface area contributed by atoms with Crippen LogP contribution >= 0.6 is 0 Å². The molecule has 0 bridgehead atoms. The molecule has 0 saturated heterocycles. The smallest absolute Gasteiger partial charge is 0.407 e. The van der Waals surface area contributed by atoms with Crippen molar-refractivity contribution in [2.75, 3.05) is 6.54 Å². The maximum atomic E-state index is 13.4. The highest BCUT2D eigenvalue weighted by Crippen LogP contribution is 2.16. The number of hydrogen-bond donors (Lipinski definition) is 4. The minimum absolute atomic E-state index is 0.114. The molecule has 0 aliphatic carbocycles. The Bertz CT molecular complexity index is 1670. The molecule has 0 aromatic heterocycles. The Labute approximate surface area is 312 Å². The van der Waals surface area contributed by atoms with Crippen LogP contribution in [0.4, 0.5) is 4.79 Å². The lowest BCUT2D eigenvalue weighted by molar-refractivity contribution is -0.151. The van der Waals surface area contributed by atoms with Crippen molar-refractivity contribution in [1.82, 2.24) is 16.0 Å². The summed E-state index contributed by atoms with van der Waals surface area (Å²) in [5.41, 5.74) is 3.57. The van der Waals surface area contributed by atoms with E-state index >= 15 is 0 Å². The van der Waals surface area contributed by atoms with Gasteiger partial charge in [0.15, 0.2) is 0 Å². The summed E-state index contributed by atoms with van der Waals surface area (Å²) in [6, 6.07) is 36.3. The number of aliphatic hydroxyl groups excluding tert-OH is 1. The van der Waals surface area contributed by atoms with Crippen molar-refractivity contribution >= 4 is 23.9 Å². The van der Waals surface area contributed by atoms with Gasteiger partial charge in [-0.25, -0.2) is 4.79 Å². The highest BCUT2D eigenvalue weighted by molar-refractivity contribution is 5.83. The lowest BCUT2D eigenvalue weighted by atomic mass is 9.91. The standard InChI is InChI=1S/C43H51N3O7/c1-32(42(50)52-30-35-21-11-4-12-22-35)27-40(48)46-38(29-34-19-9-3-10-20-34)41(49)37(28-33-17-7-2-8-18-33)45-39(47)25-15-6-16-26-44-43(51)53-31-36-23-13-5-14-24-36/h2-5,7-14,17-24,32,37-38,41,49H,6,15-16,25-31H2,1H3,(H,44,51)(H,45,47)(H,46,48). The van der Waals surface area contributed by atoms with Crippen LogP contribution < -0.4 is 16.0 Å². The first-order valence-corrected chi connectivity index (χ1v) is 18.3. The molecule has 0 aliphatic heterocycles. The predicted molar refractivity (Wildman–Crippen MR) is 203 cm³/mol. The summed E-state index contributed by atoms with van der Waals surface area (Å²) >= 11 is 0. The molecule has 0 saturated carbocycles. The molecule has 53 heavy (non-hydrogen) atoms. The molecule has 0 heterocycles. The van der Waals surface area contributed by atoms with Crippen LogP contribution in [0.3, 0.4) is 0 Å². The molecule has 10 nitrogen and oxygen atoms in total. The molecule has 4 atom stereocenters. The number of nitrogens with one attached hydrogen (secondary N) is 3. The average Bonchev–Trinajstić information content (AvgIpc) is 3.18. The van der Waals surface area contributed by atoms with Gasteiger partial charge in [-0.15, -0.1) is 0 Å². The summed E-state index contributed by atoms with van der Waals surface area (Å²) in [6.45, 7) is 2.38. The zero-order valence-corrected chi connectivity index (χ0v) is 30.3. The van der Waals surface area contributed by atoms with Crippen molar-refractivity contribution in [3.8, 4) is 0 Å². The van der Waals surface area contributed by atoms with E-state index in [0.29, 0.717) is 38.6 Å². The first-order valence-electron chi connectivity index (χ1n) is 18.3. The lowest BCUT2D eigenvalue weighted by Gasteiger charge is -2.32. The van der Waals surface area contributed by atoms with E-state index in [1.54, 1.807) is 6.92 Å². The second kappa shape index (κ2) is 22.5. The number of carbonyl (C=O) groups is 4. The van der Waals surface area contributed by atoms with Gasteiger partial charge in [0.1, 0.15) is 13.2 Å². The van der Waals surface area contributed by atoms with Crippen LogP contribution in [0, 0.1) is 5.92 Å². The summed E-state index contributed by atoms with van der Waals surface area (Å²) in [6.07, 6.45) is 1.08. The number of carbonyl (C=O) groups excluding carboxylic acids is 4. The molecule has 0 radical (unpaired) electrons. The second-order valence-electron chi connectivity index (χ2n) is 13.2. The summed E-state index contributed by atoms with van der Waals surface area (Å²) in [7, 11) is 0. The summed E-state index contributed by atoms with van der Waals surface area (Å²) in [5.74, 6) is -1.82. The van der Waals surface area contributed by atoms with Crippen molar-refractivity contribution in [3.63, 3.8) is 0 Å². The molecule has 0 spiro atoms. The Hall–Kier alpha value is -5.48. The number of aliphatic hydroxyl groups is 1. The van der Waals surface area contributed by atoms with Crippen LogP contribution in [0.15, 0.2) is 121 Å². The van der Waals surface area contributed by atoms with E-state index < -0.39 is 42.1 Å². The number of rotatable bonds is 21. The van der Waals surface area contributed by atoms with Crippen LogP contribution in [0.25, 0.3) is 0 Å². The van der Waals surface area contributed by atoms with Crippen molar-refractivity contribution in [3.05, 3.63) is 144 Å². The van der Waals surface area contributed by atoms with Gasteiger partial charge in [-0.05, 0) is 47.9 Å². The van der Waals surface area contributed by atoms with E-state index in [1.807, 2.05) is 121 Å². The number of ether oxygens (including phenoxy) is 2. The molecular weight excluding hydrogens is 670 g/mol. The average molecular weight is 722 g/mol. The maximum Gasteiger partial charge on any atom is 0.407 e. The molecule has 4 N–H and O–H groups in total. The van der Waals surface area contributed by atoms with E-state index in [-0.39, 0.29) is 32.0 Å². The van der Waals surface area contributed by atoms with Gasteiger partial charge in [-0.1, -0.05) is 135 Å². The van der Waals surface area contributed by atoms with E-state index in [1.165, 1.54) is 0 Å². The zero-order valence-electron chi connectivity index (χ0n) is 30.3. The highest BCUT2D eigenvalue weighted by atomic mass is 16.5. The maximum absolute atomic E-state index is 13.4. The molecule has 0 fully saturated rings. The van der Waals surface area contributed by atoms with Gasteiger partial charge in [0.05, 0.1) is 24.1 Å². The number of amides is 3. The third kappa shape index (κ3) is 15.3. The molecule has 4 aromatic rings. The van der Waals surface area contributed by atoms with Crippen LogP contribution in [-0.4, -0.2) is 53.7 Å². The molecule has 280 valence electrons. The normalized spacial score (nSPS) is 13.1. The monoisotopic (exact) mass is 721 g/mol. The highest BCUT2D eigenvalue weighted by Gasteiger charge is 2.31. The van der Waals surface area contributed by atoms with Gasteiger partial charge in [-0.2, -0.15) is 0 Å². The fraction of sp³-hybridized carbons (Fsp3) is 0.349. The number of alkyl carbamates (subject to hydrolysis) is 1. The Morgan fingerprint density at radius 3 is 1.55 bits per heavy atom. The van der Waals surface area contributed by atoms with E-state index in [0.717, 1.165) is 22.3 Å². The third-order valence-corrected chi connectivity index (χ3v) is 8.79. The number of benzene rings is 4. The van der Waals surface area contributed by atoms with E-state index in [2.05, 4.69) is 16.0 Å². The van der Waals surface area contributed by atoms with Gasteiger partial charge in [-0.3, -0.25) is 14.4 Å². The molecular formula is C43H51N3O7. The van der Waals surface area contributed by atoms with E-state index in [4.69, 9.17) is 9.47 Å². The minimum Gasteiger partial charge on any atom is -0.461 e. The Balaban J connectivity index is 1.31. The Morgan fingerprint density at radius 1 is 0.585 bits per heavy atom. The lowest BCUT2D eigenvalue weighted by Crippen LogP contribution is -2.56. The SMILES string of the molecule is CC(CC(=O)NC(Cc1ccccc1)C(O)C(Cc1ccccc1)NC(=O)CCCCCNC(=O)OCc1ccccc1)C(=O)OCc1ccccc1.